The van der Waals surface area contributed by atoms with Gasteiger partial charge in [-0.2, -0.15) is 0 Å². The van der Waals surface area contributed by atoms with Crippen LogP contribution in [0.2, 0.25) is 0 Å². The minimum atomic E-state index is -0.354. The minimum Gasteiger partial charge on any atom is -0.486 e. The second-order valence-corrected chi connectivity index (χ2v) is 11.3. The molecule has 1 aliphatic carbocycles. The third-order valence-corrected chi connectivity index (χ3v) is 8.36. The number of halogens is 1. The summed E-state index contributed by atoms with van der Waals surface area (Å²) < 4.78 is 25.0. The molecule has 1 N–H and O–H groups in total. The molecule has 7 heteroatoms. The Morgan fingerprint density at radius 1 is 0.976 bits per heavy atom. The zero-order valence-electron chi connectivity index (χ0n) is 23.8. The third-order valence-electron chi connectivity index (χ3n) is 8.36. The molecule has 0 bridgehead atoms. The van der Waals surface area contributed by atoms with Crippen LogP contribution in [0.4, 0.5) is 4.39 Å². The molecule has 1 unspecified atom stereocenters. The van der Waals surface area contributed by atoms with E-state index < -0.39 is 0 Å². The van der Waals surface area contributed by atoms with Gasteiger partial charge in [0.15, 0.2) is 5.76 Å². The van der Waals surface area contributed by atoms with Crippen LogP contribution in [0, 0.1) is 18.7 Å². The van der Waals surface area contributed by atoms with Crippen LogP contribution in [-0.4, -0.2) is 23.3 Å². The predicted octanol–water partition coefficient (Wildman–Crippen LogP) is 6.90. The number of carbonyl (C=O) groups is 2. The SMILES string of the molecule is Cc1ccc(C2c3cc(OCc4ccc(C(=O)NCc5ccc(F)cc5)o4)ccc3CCN2C(=O)C2CCCC2)cc1. The van der Waals surface area contributed by atoms with Crippen LogP contribution in [0.5, 0.6) is 5.75 Å². The van der Waals surface area contributed by atoms with Gasteiger partial charge in [-0.15, -0.1) is 0 Å². The predicted molar refractivity (Wildman–Crippen MR) is 157 cm³/mol. The van der Waals surface area contributed by atoms with Crippen LogP contribution < -0.4 is 10.1 Å². The molecule has 1 aliphatic heterocycles. The van der Waals surface area contributed by atoms with E-state index in [0.29, 0.717) is 18.1 Å². The lowest BCUT2D eigenvalue weighted by molar-refractivity contribution is -0.137. The molecule has 6 nitrogen and oxygen atoms in total. The van der Waals surface area contributed by atoms with Crippen molar-refractivity contribution >= 4 is 11.8 Å². The molecule has 0 spiro atoms. The average Bonchev–Trinajstić information content (AvgIpc) is 3.72. The van der Waals surface area contributed by atoms with Crippen molar-refractivity contribution < 1.29 is 23.1 Å². The number of benzene rings is 3. The Morgan fingerprint density at radius 3 is 2.50 bits per heavy atom. The van der Waals surface area contributed by atoms with Gasteiger partial charge in [0.2, 0.25) is 5.91 Å². The molecule has 1 atom stereocenters. The molecule has 42 heavy (non-hydrogen) atoms. The fourth-order valence-corrected chi connectivity index (χ4v) is 6.04. The van der Waals surface area contributed by atoms with Crippen molar-refractivity contribution in [3.8, 4) is 5.75 Å². The molecule has 3 aromatic carbocycles. The van der Waals surface area contributed by atoms with E-state index in [9.17, 15) is 14.0 Å². The van der Waals surface area contributed by atoms with E-state index in [2.05, 4.69) is 47.5 Å². The number of ether oxygens (including phenoxy) is 1. The fourth-order valence-electron chi connectivity index (χ4n) is 6.04. The van der Waals surface area contributed by atoms with Crippen LogP contribution in [0.15, 0.2) is 83.3 Å². The number of amides is 2. The van der Waals surface area contributed by atoms with Crippen LogP contribution >= 0.6 is 0 Å². The smallest absolute Gasteiger partial charge is 0.287 e. The van der Waals surface area contributed by atoms with Crippen molar-refractivity contribution in [3.63, 3.8) is 0 Å². The molecule has 0 saturated heterocycles. The molecular weight excluding hydrogens is 531 g/mol. The normalized spacial score (nSPS) is 16.7. The van der Waals surface area contributed by atoms with Crippen molar-refractivity contribution in [2.24, 2.45) is 5.92 Å². The number of nitrogens with zero attached hydrogens (tertiary/aromatic N) is 1. The number of rotatable bonds is 8. The first-order chi connectivity index (χ1) is 20.4. The Hall–Kier alpha value is -4.39. The highest BCUT2D eigenvalue weighted by Crippen LogP contribution is 2.40. The van der Waals surface area contributed by atoms with Crippen molar-refractivity contribution in [1.29, 1.82) is 0 Å². The van der Waals surface area contributed by atoms with Crippen molar-refractivity contribution in [2.75, 3.05) is 6.54 Å². The first kappa shape index (κ1) is 27.8. The second-order valence-electron chi connectivity index (χ2n) is 11.3. The maximum absolute atomic E-state index is 13.7. The van der Waals surface area contributed by atoms with Gasteiger partial charge in [-0.3, -0.25) is 9.59 Å². The number of aryl methyl sites for hydroxylation is 1. The Balaban J connectivity index is 1.16. The van der Waals surface area contributed by atoms with Gasteiger partial charge in [-0.05, 0) is 84.8 Å². The van der Waals surface area contributed by atoms with Gasteiger partial charge in [0, 0.05) is 19.0 Å². The maximum Gasteiger partial charge on any atom is 0.287 e. The zero-order chi connectivity index (χ0) is 29.1. The first-order valence-electron chi connectivity index (χ1n) is 14.7. The molecule has 2 heterocycles. The molecule has 1 aromatic heterocycles. The number of furan rings is 1. The van der Waals surface area contributed by atoms with E-state index in [-0.39, 0.29) is 48.5 Å². The van der Waals surface area contributed by atoms with Crippen molar-refractivity contribution in [2.45, 2.75) is 58.2 Å². The maximum atomic E-state index is 13.7. The number of hydrogen-bond acceptors (Lipinski definition) is 4. The molecule has 2 amide bonds. The molecule has 6 rings (SSSR count). The Morgan fingerprint density at radius 2 is 1.74 bits per heavy atom. The molecule has 0 radical (unpaired) electrons. The summed E-state index contributed by atoms with van der Waals surface area (Å²) >= 11 is 0. The quantitative estimate of drug-likeness (QED) is 0.252. The van der Waals surface area contributed by atoms with E-state index in [1.807, 2.05) is 12.1 Å². The number of fused-ring (bicyclic) bond motifs is 1. The summed E-state index contributed by atoms with van der Waals surface area (Å²) in [6.45, 7) is 3.20. The lowest BCUT2D eigenvalue weighted by Gasteiger charge is -2.39. The highest BCUT2D eigenvalue weighted by molar-refractivity contribution is 5.91. The second kappa shape index (κ2) is 12.2. The molecule has 2 aliphatic rings. The first-order valence-corrected chi connectivity index (χ1v) is 14.7. The van der Waals surface area contributed by atoms with Gasteiger partial charge >= 0.3 is 0 Å². The van der Waals surface area contributed by atoms with E-state index in [0.717, 1.165) is 48.8 Å². The molecule has 216 valence electrons. The summed E-state index contributed by atoms with van der Waals surface area (Å²) in [6, 6.07) is 23.7. The Kier molecular flexibility index (Phi) is 8.08. The van der Waals surface area contributed by atoms with E-state index >= 15 is 0 Å². The summed E-state index contributed by atoms with van der Waals surface area (Å²) in [5, 5.41) is 2.79. The lowest BCUT2D eigenvalue weighted by Crippen LogP contribution is -2.43. The van der Waals surface area contributed by atoms with Crippen LogP contribution in [-0.2, 0) is 24.4 Å². The van der Waals surface area contributed by atoms with Crippen molar-refractivity contribution in [3.05, 3.63) is 124 Å². The lowest BCUT2D eigenvalue weighted by atomic mass is 9.86. The van der Waals surface area contributed by atoms with Gasteiger partial charge in [-0.25, -0.2) is 4.39 Å². The summed E-state index contributed by atoms with van der Waals surface area (Å²) in [5.74, 6) is 1.08. The standard InChI is InChI=1S/C35H35FN2O4/c1-23-6-10-26(11-7-23)33-31-20-29(15-12-25(31)18-19-38(33)35(40)27-4-2-3-5-27)41-22-30-16-17-32(42-30)34(39)37-21-24-8-13-28(36)14-9-24/h6-17,20,27,33H,2-5,18-19,21-22H2,1H3,(H,37,39). The van der Waals surface area contributed by atoms with Crippen LogP contribution in [0.25, 0.3) is 0 Å². The highest BCUT2D eigenvalue weighted by Gasteiger charge is 2.36. The highest BCUT2D eigenvalue weighted by atomic mass is 19.1. The van der Waals surface area contributed by atoms with Crippen LogP contribution in [0.3, 0.4) is 0 Å². The zero-order valence-corrected chi connectivity index (χ0v) is 23.8. The topological polar surface area (TPSA) is 71.8 Å². The molecule has 1 fully saturated rings. The number of nitrogens with one attached hydrogen (secondary N) is 1. The van der Waals surface area contributed by atoms with E-state index in [1.54, 1.807) is 24.3 Å². The molecular formula is C35H35FN2O4. The van der Waals surface area contributed by atoms with E-state index in [1.165, 1.54) is 23.3 Å². The number of carbonyl (C=O) groups excluding carboxylic acids is 2. The Bertz CT molecular complexity index is 1550. The van der Waals surface area contributed by atoms with Crippen LogP contribution in [0.1, 0.15) is 75.9 Å². The molecule has 4 aromatic rings. The average molecular weight is 567 g/mol. The summed E-state index contributed by atoms with van der Waals surface area (Å²) in [5.41, 5.74) is 5.39. The molecule has 1 saturated carbocycles. The van der Waals surface area contributed by atoms with E-state index in [4.69, 9.17) is 9.15 Å². The van der Waals surface area contributed by atoms with Gasteiger partial charge in [0.05, 0.1) is 6.04 Å². The largest absolute Gasteiger partial charge is 0.486 e. The summed E-state index contributed by atoms with van der Waals surface area (Å²) in [6.07, 6.45) is 5.00. The third kappa shape index (κ3) is 6.10. The Labute approximate surface area is 245 Å². The van der Waals surface area contributed by atoms with Crippen molar-refractivity contribution in [1.82, 2.24) is 10.2 Å². The monoisotopic (exact) mass is 566 g/mol. The van der Waals surface area contributed by atoms with Gasteiger partial charge < -0.3 is 19.4 Å². The van der Waals surface area contributed by atoms with Gasteiger partial charge in [0.1, 0.15) is 23.9 Å². The van der Waals surface area contributed by atoms with Gasteiger partial charge in [-0.1, -0.05) is 60.9 Å². The minimum absolute atomic E-state index is 0.111. The summed E-state index contributed by atoms with van der Waals surface area (Å²) in [4.78, 5) is 28.3. The summed E-state index contributed by atoms with van der Waals surface area (Å²) in [7, 11) is 0. The van der Waals surface area contributed by atoms with Gasteiger partial charge in [0.25, 0.3) is 5.91 Å². The number of hydrogen-bond donors (Lipinski definition) is 1. The fraction of sp³-hybridized carbons (Fsp3) is 0.314.